The number of ether oxygens (including phenoxy) is 2. The lowest BCUT2D eigenvalue weighted by atomic mass is 9.84. The van der Waals surface area contributed by atoms with Gasteiger partial charge in [0.05, 0.1) is 5.56 Å². The molecule has 0 aliphatic heterocycles. The lowest BCUT2D eigenvalue weighted by Gasteiger charge is -2.28. The van der Waals surface area contributed by atoms with Crippen LogP contribution in [0.15, 0.2) is 61.2 Å². The molecule has 0 unspecified atom stereocenters. The molecule has 1 aliphatic carbocycles. The topological polar surface area (TPSA) is 105 Å². The third-order valence-electron chi connectivity index (χ3n) is 6.93. The predicted molar refractivity (Wildman–Crippen MR) is 150 cm³/mol. The highest BCUT2D eigenvalue weighted by molar-refractivity contribution is 5.90. The molecule has 2 aromatic rings. The Morgan fingerprint density at radius 2 is 1.68 bits per heavy atom. The summed E-state index contributed by atoms with van der Waals surface area (Å²) in [4.78, 5) is 24.7. The molecule has 0 amide bonds. The van der Waals surface area contributed by atoms with Gasteiger partial charge < -0.3 is 20.9 Å². The third kappa shape index (κ3) is 9.79. The summed E-state index contributed by atoms with van der Waals surface area (Å²) in [5, 5.41) is 0. The zero-order valence-electron chi connectivity index (χ0n) is 21.7. The first-order valence-corrected chi connectivity index (χ1v) is 13.3. The zero-order chi connectivity index (χ0) is 26.5. The van der Waals surface area contributed by atoms with Gasteiger partial charge in [-0.3, -0.25) is 0 Å². The van der Waals surface area contributed by atoms with E-state index in [9.17, 15) is 9.59 Å². The van der Waals surface area contributed by atoms with E-state index in [2.05, 4.69) is 6.58 Å². The Kier molecular flexibility index (Phi) is 11.3. The second-order valence-corrected chi connectivity index (χ2v) is 9.85. The molecule has 1 fully saturated rings. The first-order valence-electron chi connectivity index (χ1n) is 13.3. The Morgan fingerprint density at radius 3 is 2.41 bits per heavy atom. The maximum Gasteiger partial charge on any atom is 0.338 e. The number of esters is 2. The van der Waals surface area contributed by atoms with E-state index in [0.717, 1.165) is 43.6 Å². The van der Waals surface area contributed by atoms with Crippen molar-refractivity contribution in [1.82, 2.24) is 0 Å². The Labute approximate surface area is 220 Å². The fraction of sp³-hybridized carbons (Fsp3) is 0.419. The molecule has 3 rings (SSSR count). The average Bonchev–Trinajstić information content (AvgIpc) is 2.91. The molecule has 1 saturated carbocycles. The van der Waals surface area contributed by atoms with Crippen LogP contribution in [0.3, 0.4) is 0 Å². The minimum absolute atomic E-state index is 0.000291. The van der Waals surface area contributed by atoms with Gasteiger partial charge in [0, 0.05) is 23.0 Å². The summed E-state index contributed by atoms with van der Waals surface area (Å²) in [5.41, 5.74) is 14.7. The molecular weight excluding hydrogens is 464 g/mol. The van der Waals surface area contributed by atoms with Crippen molar-refractivity contribution in [3.05, 3.63) is 77.9 Å². The second-order valence-electron chi connectivity index (χ2n) is 9.85. The average molecular weight is 505 g/mol. The molecular formula is C31H40N2O4. The van der Waals surface area contributed by atoms with Crippen LogP contribution in [0, 0.1) is 5.92 Å². The number of allylic oxidation sites excluding steroid dienone is 1. The molecule has 0 aromatic heterocycles. The van der Waals surface area contributed by atoms with Crippen LogP contribution in [0.25, 0.3) is 6.08 Å². The molecule has 4 N–H and O–H groups in total. The van der Waals surface area contributed by atoms with E-state index in [4.69, 9.17) is 20.9 Å². The van der Waals surface area contributed by atoms with Crippen molar-refractivity contribution in [2.24, 2.45) is 5.92 Å². The first-order chi connectivity index (χ1) is 17.9. The molecule has 198 valence electrons. The summed E-state index contributed by atoms with van der Waals surface area (Å²) in [6.07, 6.45) is 16.7. The Bertz CT molecular complexity index is 1050. The van der Waals surface area contributed by atoms with Crippen molar-refractivity contribution < 1.29 is 19.1 Å². The summed E-state index contributed by atoms with van der Waals surface area (Å²) in [6.45, 7) is 3.82. The molecule has 2 aromatic carbocycles. The van der Waals surface area contributed by atoms with E-state index in [0.29, 0.717) is 22.5 Å². The summed E-state index contributed by atoms with van der Waals surface area (Å²) in [6, 6.07) is 12.1. The number of nitrogens with two attached hydrogens (primary N) is 2. The van der Waals surface area contributed by atoms with Crippen LogP contribution in [0.4, 0.5) is 11.4 Å². The lowest BCUT2D eigenvalue weighted by Crippen LogP contribution is -2.24. The number of rotatable bonds is 13. The fourth-order valence-corrected chi connectivity index (χ4v) is 4.68. The minimum atomic E-state index is -0.492. The van der Waals surface area contributed by atoms with Gasteiger partial charge in [0.15, 0.2) is 0 Å². The van der Waals surface area contributed by atoms with Crippen molar-refractivity contribution in [1.29, 1.82) is 0 Å². The molecule has 0 spiro atoms. The van der Waals surface area contributed by atoms with E-state index in [1.165, 1.54) is 38.2 Å². The fourth-order valence-electron chi connectivity index (χ4n) is 4.68. The normalized spacial score (nSPS) is 17.4. The number of nitrogen functional groups attached to an aromatic ring is 2. The lowest BCUT2D eigenvalue weighted by molar-refractivity contribution is -0.138. The first kappa shape index (κ1) is 28.0. The number of hydrogen-bond acceptors (Lipinski definition) is 6. The maximum absolute atomic E-state index is 12.6. The maximum atomic E-state index is 12.6. The Hall–Kier alpha value is -3.54. The van der Waals surface area contributed by atoms with Gasteiger partial charge in [0.25, 0.3) is 0 Å². The Morgan fingerprint density at radius 1 is 0.946 bits per heavy atom. The number of anilines is 2. The predicted octanol–water partition coefficient (Wildman–Crippen LogP) is 6.85. The molecule has 0 radical (unpaired) electrons. The SMILES string of the molecule is C=CCCCCCCC1CCC(OC(=O)c2ccc(/C=C/C(=O)OCc3cc(N)ccc3N)cc2)CC1. The number of unbranched alkanes of at least 4 members (excludes halogenated alkanes) is 4. The molecule has 0 saturated heterocycles. The van der Waals surface area contributed by atoms with Crippen LogP contribution < -0.4 is 11.5 Å². The van der Waals surface area contributed by atoms with Gasteiger partial charge in [-0.2, -0.15) is 0 Å². The van der Waals surface area contributed by atoms with Crippen LogP contribution in [-0.4, -0.2) is 18.0 Å². The summed E-state index contributed by atoms with van der Waals surface area (Å²) >= 11 is 0. The molecule has 6 heteroatoms. The van der Waals surface area contributed by atoms with Crippen LogP contribution in [0.2, 0.25) is 0 Å². The quantitative estimate of drug-likeness (QED) is 0.102. The van der Waals surface area contributed by atoms with Crippen LogP contribution in [0.5, 0.6) is 0 Å². The largest absolute Gasteiger partial charge is 0.459 e. The number of carbonyl (C=O) groups is 2. The van der Waals surface area contributed by atoms with E-state index >= 15 is 0 Å². The van der Waals surface area contributed by atoms with Gasteiger partial charge in [-0.1, -0.05) is 43.9 Å². The van der Waals surface area contributed by atoms with E-state index in [-0.39, 0.29) is 18.7 Å². The molecule has 0 bridgehead atoms. The zero-order valence-corrected chi connectivity index (χ0v) is 21.7. The van der Waals surface area contributed by atoms with E-state index < -0.39 is 5.97 Å². The van der Waals surface area contributed by atoms with Gasteiger partial charge in [0.2, 0.25) is 0 Å². The van der Waals surface area contributed by atoms with E-state index in [1.54, 1.807) is 48.5 Å². The third-order valence-corrected chi connectivity index (χ3v) is 6.93. The number of carbonyl (C=O) groups excluding carboxylic acids is 2. The highest BCUT2D eigenvalue weighted by Gasteiger charge is 2.24. The molecule has 0 atom stereocenters. The van der Waals surface area contributed by atoms with Crippen molar-refractivity contribution >= 4 is 29.4 Å². The Balaban J connectivity index is 1.36. The highest BCUT2D eigenvalue weighted by atomic mass is 16.5. The molecule has 6 nitrogen and oxygen atoms in total. The molecule has 1 aliphatic rings. The summed E-state index contributed by atoms with van der Waals surface area (Å²) in [7, 11) is 0. The second kappa shape index (κ2) is 14.9. The molecule has 37 heavy (non-hydrogen) atoms. The summed E-state index contributed by atoms with van der Waals surface area (Å²) in [5.74, 6) is -0.0239. The van der Waals surface area contributed by atoms with Crippen molar-refractivity contribution in [2.75, 3.05) is 11.5 Å². The monoisotopic (exact) mass is 504 g/mol. The van der Waals surface area contributed by atoms with Gasteiger partial charge in [-0.25, -0.2) is 9.59 Å². The van der Waals surface area contributed by atoms with Gasteiger partial charge in [-0.05, 0) is 86.4 Å². The van der Waals surface area contributed by atoms with Crippen molar-refractivity contribution in [3.8, 4) is 0 Å². The molecule has 0 heterocycles. The van der Waals surface area contributed by atoms with Gasteiger partial charge >= 0.3 is 11.9 Å². The summed E-state index contributed by atoms with van der Waals surface area (Å²) < 4.78 is 11.0. The smallest absolute Gasteiger partial charge is 0.338 e. The van der Waals surface area contributed by atoms with Crippen LogP contribution in [-0.2, 0) is 20.9 Å². The number of benzene rings is 2. The number of hydrogen-bond donors (Lipinski definition) is 2. The minimum Gasteiger partial charge on any atom is -0.459 e. The van der Waals surface area contributed by atoms with Gasteiger partial charge in [0.1, 0.15) is 12.7 Å². The van der Waals surface area contributed by atoms with Crippen molar-refractivity contribution in [3.63, 3.8) is 0 Å². The standard InChI is InChI=1S/C31H40N2O4/c1-2-3-4-5-6-7-8-23-11-17-28(18-12-23)37-31(35)25-14-9-24(10-15-25)13-20-30(34)36-22-26-21-27(32)16-19-29(26)33/h2,9-10,13-16,19-21,23,28H,1,3-8,11-12,17-18,22,32-33H2/b20-13+. The van der Waals surface area contributed by atoms with Crippen LogP contribution in [0.1, 0.15) is 85.7 Å². The van der Waals surface area contributed by atoms with Crippen LogP contribution >= 0.6 is 0 Å². The van der Waals surface area contributed by atoms with E-state index in [1.807, 2.05) is 6.08 Å². The van der Waals surface area contributed by atoms with Crippen molar-refractivity contribution in [2.45, 2.75) is 76.9 Å². The highest BCUT2D eigenvalue weighted by Crippen LogP contribution is 2.30. The van der Waals surface area contributed by atoms with Gasteiger partial charge in [-0.15, -0.1) is 6.58 Å².